The van der Waals surface area contributed by atoms with Gasteiger partial charge >= 0.3 is 0 Å². The van der Waals surface area contributed by atoms with E-state index in [0.29, 0.717) is 18.3 Å². The van der Waals surface area contributed by atoms with E-state index in [1.54, 1.807) is 24.5 Å². The van der Waals surface area contributed by atoms with E-state index < -0.39 is 0 Å². The number of amides is 1. The van der Waals surface area contributed by atoms with Crippen LogP contribution in [0.5, 0.6) is 11.5 Å². The van der Waals surface area contributed by atoms with Gasteiger partial charge in [0.2, 0.25) is 5.91 Å². The zero-order chi connectivity index (χ0) is 17.5. The van der Waals surface area contributed by atoms with E-state index in [2.05, 4.69) is 22.5 Å². The Kier molecular flexibility index (Phi) is 6.01. The molecular weight excluding hydrogens is 314 g/mol. The number of carbonyl (C=O) groups excluding carboxylic acids is 1. The first kappa shape index (κ1) is 17.4. The fraction of sp³-hybridized carbons (Fsp3) is 0.400. The standard InChI is InChI=1S/C20H25N3O2/c1-15(16-6-10-21-11-7-16)14-20(24)23-17-2-4-18(5-3-17)25-19-8-12-22-13-9-19/h2-5,8-9,12-13,15-16,21H,6-7,10-11,14H2,1H3,(H,23,24). The van der Waals surface area contributed by atoms with Gasteiger partial charge in [-0.2, -0.15) is 0 Å². The number of anilines is 1. The molecule has 1 amide bonds. The quantitative estimate of drug-likeness (QED) is 0.839. The third-order valence-electron chi connectivity index (χ3n) is 4.72. The van der Waals surface area contributed by atoms with Crippen LogP contribution in [0.4, 0.5) is 5.69 Å². The molecule has 2 heterocycles. The van der Waals surface area contributed by atoms with Crippen LogP contribution < -0.4 is 15.4 Å². The third kappa shape index (κ3) is 5.29. The summed E-state index contributed by atoms with van der Waals surface area (Å²) in [5.74, 6) is 2.60. The van der Waals surface area contributed by atoms with Gasteiger partial charge in [0, 0.05) is 24.5 Å². The lowest BCUT2D eigenvalue weighted by Crippen LogP contribution is -2.32. The van der Waals surface area contributed by atoms with Crippen LogP contribution >= 0.6 is 0 Å². The van der Waals surface area contributed by atoms with Gasteiger partial charge in [0.15, 0.2) is 0 Å². The highest BCUT2D eigenvalue weighted by Gasteiger charge is 2.21. The van der Waals surface area contributed by atoms with E-state index in [1.165, 1.54) is 0 Å². The minimum atomic E-state index is 0.0776. The third-order valence-corrected chi connectivity index (χ3v) is 4.72. The van der Waals surface area contributed by atoms with Crippen molar-refractivity contribution >= 4 is 11.6 Å². The topological polar surface area (TPSA) is 63.2 Å². The Morgan fingerprint density at radius 3 is 2.48 bits per heavy atom. The number of pyridine rings is 1. The lowest BCUT2D eigenvalue weighted by molar-refractivity contribution is -0.117. The Bertz CT molecular complexity index is 667. The minimum absolute atomic E-state index is 0.0776. The average molecular weight is 339 g/mol. The van der Waals surface area contributed by atoms with Gasteiger partial charge in [0.05, 0.1) is 0 Å². The van der Waals surface area contributed by atoms with Crippen molar-refractivity contribution < 1.29 is 9.53 Å². The number of carbonyl (C=O) groups is 1. The number of piperidine rings is 1. The molecule has 5 heteroatoms. The summed E-state index contributed by atoms with van der Waals surface area (Å²) < 4.78 is 5.72. The molecule has 1 aliphatic rings. The number of nitrogens with zero attached hydrogens (tertiary/aromatic N) is 1. The molecule has 25 heavy (non-hydrogen) atoms. The molecule has 2 N–H and O–H groups in total. The van der Waals surface area contributed by atoms with Gasteiger partial charge in [0.1, 0.15) is 11.5 Å². The van der Waals surface area contributed by atoms with E-state index in [1.807, 2.05) is 24.3 Å². The van der Waals surface area contributed by atoms with Crippen molar-refractivity contribution in [2.75, 3.05) is 18.4 Å². The van der Waals surface area contributed by atoms with E-state index in [0.717, 1.165) is 43.1 Å². The molecule has 0 saturated carbocycles. The first-order chi connectivity index (χ1) is 12.2. The van der Waals surface area contributed by atoms with Gasteiger partial charge in [-0.15, -0.1) is 0 Å². The second kappa shape index (κ2) is 8.62. The minimum Gasteiger partial charge on any atom is -0.457 e. The smallest absolute Gasteiger partial charge is 0.224 e. The molecule has 3 rings (SSSR count). The van der Waals surface area contributed by atoms with E-state index in [4.69, 9.17) is 4.74 Å². The summed E-state index contributed by atoms with van der Waals surface area (Å²) in [6.07, 6.45) is 6.27. The highest BCUT2D eigenvalue weighted by molar-refractivity contribution is 5.90. The van der Waals surface area contributed by atoms with Crippen LogP contribution in [0.25, 0.3) is 0 Å². The summed E-state index contributed by atoms with van der Waals surface area (Å²) >= 11 is 0. The molecule has 1 aromatic carbocycles. The summed E-state index contributed by atoms with van der Waals surface area (Å²) in [5, 5.41) is 6.35. The van der Waals surface area contributed by atoms with Crippen molar-refractivity contribution in [2.45, 2.75) is 26.2 Å². The normalized spacial score (nSPS) is 16.2. The molecule has 1 atom stereocenters. The SMILES string of the molecule is CC(CC(=O)Nc1ccc(Oc2ccncc2)cc1)C1CCNCC1. The van der Waals surface area contributed by atoms with Gasteiger partial charge in [-0.25, -0.2) is 0 Å². The molecule has 2 aromatic rings. The number of benzene rings is 1. The van der Waals surface area contributed by atoms with Crippen LogP contribution in [-0.4, -0.2) is 24.0 Å². The molecule has 1 aromatic heterocycles. The van der Waals surface area contributed by atoms with Crippen molar-refractivity contribution in [1.29, 1.82) is 0 Å². The second-order valence-electron chi connectivity index (χ2n) is 6.63. The Morgan fingerprint density at radius 1 is 1.16 bits per heavy atom. The molecular formula is C20H25N3O2. The van der Waals surface area contributed by atoms with Gasteiger partial charge in [-0.3, -0.25) is 9.78 Å². The maximum atomic E-state index is 12.3. The first-order valence-corrected chi connectivity index (χ1v) is 8.89. The van der Waals surface area contributed by atoms with Crippen LogP contribution in [0, 0.1) is 11.8 Å². The van der Waals surface area contributed by atoms with Crippen molar-refractivity contribution in [3.8, 4) is 11.5 Å². The van der Waals surface area contributed by atoms with Crippen LogP contribution in [0.1, 0.15) is 26.2 Å². The Balaban J connectivity index is 1.49. The predicted octanol–water partition coefficient (Wildman–Crippen LogP) is 3.84. The maximum absolute atomic E-state index is 12.3. The molecule has 5 nitrogen and oxygen atoms in total. The van der Waals surface area contributed by atoms with Crippen LogP contribution in [0.15, 0.2) is 48.8 Å². The summed E-state index contributed by atoms with van der Waals surface area (Å²) in [6.45, 7) is 4.31. The first-order valence-electron chi connectivity index (χ1n) is 8.89. The molecule has 1 saturated heterocycles. The van der Waals surface area contributed by atoms with Gasteiger partial charge in [-0.1, -0.05) is 6.92 Å². The maximum Gasteiger partial charge on any atom is 0.224 e. The summed E-state index contributed by atoms with van der Waals surface area (Å²) in [7, 11) is 0. The predicted molar refractivity (Wildman–Crippen MR) is 98.8 cm³/mol. The van der Waals surface area contributed by atoms with Crippen molar-refractivity contribution in [3.63, 3.8) is 0 Å². The van der Waals surface area contributed by atoms with Crippen molar-refractivity contribution in [2.24, 2.45) is 11.8 Å². The van der Waals surface area contributed by atoms with Gasteiger partial charge in [-0.05, 0) is 74.2 Å². The van der Waals surface area contributed by atoms with Gasteiger partial charge in [0.25, 0.3) is 0 Å². The van der Waals surface area contributed by atoms with E-state index >= 15 is 0 Å². The summed E-state index contributed by atoms with van der Waals surface area (Å²) in [6, 6.07) is 11.0. The lowest BCUT2D eigenvalue weighted by Gasteiger charge is -2.27. The van der Waals surface area contributed by atoms with Gasteiger partial charge < -0.3 is 15.4 Å². The zero-order valence-corrected chi connectivity index (χ0v) is 14.6. The number of nitrogens with one attached hydrogen (secondary N) is 2. The molecule has 0 spiro atoms. The number of rotatable bonds is 6. The number of aromatic nitrogens is 1. The second-order valence-corrected chi connectivity index (χ2v) is 6.63. The summed E-state index contributed by atoms with van der Waals surface area (Å²) in [5.41, 5.74) is 0.796. The monoisotopic (exact) mass is 339 g/mol. The molecule has 1 unspecified atom stereocenters. The summed E-state index contributed by atoms with van der Waals surface area (Å²) in [4.78, 5) is 16.2. The average Bonchev–Trinajstić information content (AvgIpc) is 2.65. The van der Waals surface area contributed by atoms with Crippen LogP contribution in [0.3, 0.4) is 0 Å². The molecule has 1 aliphatic heterocycles. The zero-order valence-electron chi connectivity index (χ0n) is 14.6. The van der Waals surface area contributed by atoms with E-state index in [9.17, 15) is 4.79 Å². The molecule has 1 fully saturated rings. The number of hydrogen-bond donors (Lipinski definition) is 2. The molecule has 0 radical (unpaired) electrons. The van der Waals surface area contributed by atoms with Crippen molar-refractivity contribution in [3.05, 3.63) is 48.8 Å². The molecule has 0 bridgehead atoms. The number of ether oxygens (including phenoxy) is 1. The highest BCUT2D eigenvalue weighted by Crippen LogP contribution is 2.25. The largest absolute Gasteiger partial charge is 0.457 e. The molecule has 0 aliphatic carbocycles. The van der Waals surface area contributed by atoms with E-state index in [-0.39, 0.29) is 5.91 Å². The molecule has 132 valence electrons. The van der Waals surface area contributed by atoms with Crippen molar-refractivity contribution in [1.82, 2.24) is 10.3 Å². The Labute approximate surface area is 148 Å². The highest BCUT2D eigenvalue weighted by atomic mass is 16.5. The Hall–Kier alpha value is -2.40. The Morgan fingerprint density at radius 2 is 1.80 bits per heavy atom. The fourth-order valence-electron chi connectivity index (χ4n) is 3.23. The number of hydrogen-bond acceptors (Lipinski definition) is 4. The van der Waals surface area contributed by atoms with Crippen LogP contribution in [0.2, 0.25) is 0 Å². The van der Waals surface area contributed by atoms with Crippen LogP contribution in [-0.2, 0) is 4.79 Å². The lowest BCUT2D eigenvalue weighted by atomic mass is 9.84. The fourth-order valence-corrected chi connectivity index (χ4v) is 3.23.